The van der Waals surface area contributed by atoms with Gasteiger partial charge in [0.1, 0.15) is 11.9 Å². The van der Waals surface area contributed by atoms with Crippen molar-refractivity contribution in [1.29, 1.82) is 0 Å². The molecular weight excluding hydrogens is 267 g/mol. The molecule has 0 bridgehead atoms. The second-order valence-corrected chi connectivity index (χ2v) is 4.96. The van der Waals surface area contributed by atoms with Crippen molar-refractivity contribution in [2.24, 2.45) is 0 Å². The maximum absolute atomic E-state index is 13.2. The molecule has 1 unspecified atom stereocenters. The van der Waals surface area contributed by atoms with Gasteiger partial charge in [0.05, 0.1) is 0 Å². The van der Waals surface area contributed by atoms with E-state index in [2.05, 4.69) is 5.32 Å². The summed E-state index contributed by atoms with van der Waals surface area (Å²) in [6, 6.07) is 15.3. The zero-order valence-electron chi connectivity index (χ0n) is 11.6. The molecule has 1 heterocycles. The van der Waals surface area contributed by atoms with Gasteiger partial charge in [0.2, 0.25) is 5.91 Å². The molecule has 21 heavy (non-hydrogen) atoms. The van der Waals surface area contributed by atoms with Gasteiger partial charge in [0.25, 0.3) is 0 Å². The minimum absolute atomic E-state index is 0.108. The number of rotatable bonds is 3. The van der Waals surface area contributed by atoms with Gasteiger partial charge in [-0.3, -0.25) is 4.79 Å². The van der Waals surface area contributed by atoms with Crippen LogP contribution in [0.25, 0.3) is 10.9 Å². The van der Waals surface area contributed by atoms with Crippen molar-refractivity contribution in [3.63, 3.8) is 0 Å². The molecule has 3 rings (SSSR count). The van der Waals surface area contributed by atoms with Crippen LogP contribution in [-0.2, 0) is 4.79 Å². The highest BCUT2D eigenvalue weighted by Gasteiger charge is 2.16. The van der Waals surface area contributed by atoms with E-state index >= 15 is 0 Å². The molecule has 0 aliphatic carbocycles. The Morgan fingerprint density at radius 2 is 1.90 bits per heavy atom. The van der Waals surface area contributed by atoms with Crippen molar-refractivity contribution in [2.45, 2.75) is 13.0 Å². The lowest BCUT2D eigenvalue weighted by atomic mass is 10.2. The van der Waals surface area contributed by atoms with Crippen LogP contribution in [0.5, 0.6) is 0 Å². The lowest BCUT2D eigenvalue weighted by molar-refractivity contribution is -0.118. The predicted octanol–water partition coefficient (Wildman–Crippen LogP) is 3.98. The Kier molecular flexibility index (Phi) is 3.44. The Morgan fingerprint density at radius 1 is 1.14 bits per heavy atom. The molecule has 3 aromatic rings. The molecule has 0 radical (unpaired) electrons. The van der Waals surface area contributed by atoms with E-state index in [0.29, 0.717) is 0 Å². The topological polar surface area (TPSA) is 34.0 Å². The van der Waals surface area contributed by atoms with Crippen LogP contribution >= 0.6 is 0 Å². The van der Waals surface area contributed by atoms with E-state index in [9.17, 15) is 9.18 Å². The molecule has 0 saturated heterocycles. The minimum atomic E-state index is -0.381. The number of benzene rings is 2. The third kappa shape index (κ3) is 2.65. The first-order chi connectivity index (χ1) is 10.1. The molecule has 0 aliphatic rings. The Morgan fingerprint density at radius 3 is 2.67 bits per heavy atom. The molecule has 4 heteroatoms. The van der Waals surface area contributed by atoms with Crippen LogP contribution in [0.1, 0.15) is 13.0 Å². The molecule has 1 atom stereocenters. The van der Waals surface area contributed by atoms with Gasteiger partial charge in [-0.05, 0) is 43.3 Å². The minimum Gasteiger partial charge on any atom is -0.335 e. The van der Waals surface area contributed by atoms with Crippen LogP contribution in [0.3, 0.4) is 0 Å². The summed E-state index contributed by atoms with van der Waals surface area (Å²) in [6.45, 7) is 1.82. The number of carbonyl (C=O) groups excluding carboxylic acids is 1. The highest BCUT2D eigenvalue weighted by atomic mass is 19.1. The van der Waals surface area contributed by atoms with Crippen molar-refractivity contribution in [3.05, 3.63) is 66.6 Å². The number of halogens is 1. The van der Waals surface area contributed by atoms with Crippen LogP contribution in [-0.4, -0.2) is 10.5 Å². The first-order valence-electron chi connectivity index (χ1n) is 6.77. The van der Waals surface area contributed by atoms with E-state index in [1.807, 2.05) is 47.9 Å². The van der Waals surface area contributed by atoms with Crippen LogP contribution in [0.2, 0.25) is 0 Å². The number of amides is 1. The lowest BCUT2D eigenvalue weighted by Crippen LogP contribution is -2.23. The van der Waals surface area contributed by atoms with E-state index < -0.39 is 0 Å². The molecule has 106 valence electrons. The van der Waals surface area contributed by atoms with E-state index in [4.69, 9.17) is 0 Å². The van der Waals surface area contributed by atoms with E-state index in [1.54, 1.807) is 12.3 Å². The number of nitrogens with zero attached hydrogens (tertiary/aromatic N) is 1. The molecule has 1 aromatic heterocycles. The SMILES string of the molecule is CC(C(=O)Nc1ccccc1)n1ccc2cc(F)ccc21. The normalized spacial score (nSPS) is 12.3. The summed E-state index contributed by atoms with van der Waals surface area (Å²) in [5.74, 6) is -0.385. The zero-order chi connectivity index (χ0) is 14.8. The molecule has 3 nitrogen and oxygen atoms in total. The summed E-state index contributed by atoms with van der Waals surface area (Å²) in [7, 11) is 0. The Balaban J connectivity index is 1.86. The van der Waals surface area contributed by atoms with Gasteiger partial charge < -0.3 is 9.88 Å². The third-order valence-corrected chi connectivity index (χ3v) is 3.52. The highest BCUT2D eigenvalue weighted by molar-refractivity contribution is 5.94. The summed E-state index contributed by atoms with van der Waals surface area (Å²) >= 11 is 0. The quantitative estimate of drug-likeness (QED) is 0.774. The van der Waals surface area contributed by atoms with Crippen LogP contribution in [0, 0.1) is 5.82 Å². The smallest absolute Gasteiger partial charge is 0.247 e. The average Bonchev–Trinajstić information content (AvgIpc) is 2.90. The molecule has 1 amide bonds. The van der Waals surface area contributed by atoms with Crippen LogP contribution < -0.4 is 5.32 Å². The number of fused-ring (bicyclic) bond motifs is 1. The van der Waals surface area contributed by atoms with Gasteiger partial charge in [-0.2, -0.15) is 0 Å². The van der Waals surface area contributed by atoms with E-state index in [-0.39, 0.29) is 17.8 Å². The maximum Gasteiger partial charge on any atom is 0.247 e. The zero-order valence-corrected chi connectivity index (χ0v) is 11.6. The summed E-state index contributed by atoms with van der Waals surface area (Å²) in [5.41, 5.74) is 1.60. The Bertz CT molecular complexity index is 780. The largest absolute Gasteiger partial charge is 0.335 e. The molecular formula is C17H15FN2O. The second-order valence-electron chi connectivity index (χ2n) is 4.96. The number of aromatic nitrogens is 1. The molecule has 0 saturated carbocycles. The first kappa shape index (κ1) is 13.4. The number of carbonyl (C=O) groups is 1. The summed E-state index contributed by atoms with van der Waals surface area (Å²) in [6.07, 6.45) is 1.80. The number of hydrogen-bond donors (Lipinski definition) is 1. The average molecular weight is 282 g/mol. The maximum atomic E-state index is 13.2. The van der Waals surface area contributed by atoms with Crippen molar-refractivity contribution in [2.75, 3.05) is 5.32 Å². The number of nitrogens with one attached hydrogen (secondary N) is 1. The van der Waals surface area contributed by atoms with E-state index in [0.717, 1.165) is 16.6 Å². The Hall–Kier alpha value is -2.62. The van der Waals surface area contributed by atoms with Gasteiger partial charge in [-0.1, -0.05) is 18.2 Å². The third-order valence-electron chi connectivity index (χ3n) is 3.52. The van der Waals surface area contributed by atoms with Gasteiger partial charge in [0.15, 0.2) is 0 Å². The standard InChI is InChI=1S/C17H15FN2O/c1-12(17(21)19-15-5-3-2-4-6-15)20-10-9-13-11-14(18)7-8-16(13)20/h2-12H,1H3,(H,19,21). The van der Waals surface area contributed by atoms with Gasteiger partial charge >= 0.3 is 0 Å². The van der Waals surface area contributed by atoms with E-state index in [1.165, 1.54) is 12.1 Å². The summed E-state index contributed by atoms with van der Waals surface area (Å²) < 4.78 is 15.0. The summed E-state index contributed by atoms with van der Waals surface area (Å²) in [4.78, 5) is 12.3. The first-order valence-corrected chi connectivity index (χ1v) is 6.77. The van der Waals surface area contributed by atoms with Gasteiger partial charge in [-0.25, -0.2) is 4.39 Å². The van der Waals surface area contributed by atoms with Crippen molar-refractivity contribution < 1.29 is 9.18 Å². The van der Waals surface area contributed by atoms with Gasteiger partial charge in [0, 0.05) is 22.8 Å². The number of hydrogen-bond acceptors (Lipinski definition) is 1. The molecule has 0 spiro atoms. The Labute approximate surface area is 122 Å². The van der Waals surface area contributed by atoms with Gasteiger partial charge in [-0.15, -0.1) is 0 Å². The number of para-hydroxylation sites is 1. The lowest BCUT2D eigenvalue weighted by Gasteiger charge is -2.15. The fraction of sp³-hybridized carbons (Fsp3) is 0.118. The van der Waals surface area contributed by atoms with Crippen molar-refractivity contribution in [3.8, 4) is 0 Å². The molecule has 0 fully saturated rings. The monoisotopic (exact) mass is 282 g/mol. The van der Waals surface area contributed by atoms with Crippen molar-refractivity contribution >= 4 is 22.5 Å². The fourth-order valence-electron chi connectivity index (χ4n) is 2.37. The second kappa shape index (κ2) is 5.40. The molecule has 1 N–H and O–H groups in total. The molecule has 0 aliphatic heterocycles. The van der Waals surface area contributed by atoms with Crippen molar-refractivity contribution in [1.82, 2.24) is 4.57 Å². The fourth-order valence-corrected chi connectivity index (χ4v) is 2.37. The van der Waals surface area contributed by atoms with Crippen LogP contribution in [0.15, 0.2) is 60.8 Å². The number of anilines is 1. The predicted molar refractivity (Wildman–Crippen MR) is 81.7 cm³/mol. The summed E-state index contributed by atoms with van der Waals surface area (Å²) in [5, 5.41) is 3.66. The van der Waals surface area contributed by atoms with Crippen LogP contribution in [0.4, 0.5) is 10.1 Å². The molecule has 2 aromatic carbocycles. The highest BCUT2D eigenvalue weighted by Crippen LogP contribution is 2.22.